The predicted octanol–water partition coefficient (Wildman–Crippen LogP) is 15.8. The second-order valence-corrected chi connectivity index (χ2v) is 27.6. The highest BCUT2D eigenvalue weighted by molar-refractivity contribution is 6.34. The Labute approximate surface area is 617 Å². The summed E-state index contributed by atoms with van der Waals surface area (Å²) in [6, 6.07) is 5.64. The van der Waals surface area contributed by atoms with Gasteiger partial charge in [-0.25, -0.2) is 14.4 Å². The van der Waals surface area contributed by atoms with Gasteiger partial charge < -0.3 is 48.5 Å². The molecule has 0 spiro atoms. The highest BCUT2D eigenvalue weighted by Gasteiger charge is 2.27. The van der Waals surface area contributed by atoms with Crippen molar-refractivity contribution < 1.29 is 62.6 Å². The van der Waals surface area contributed by atoms with Crippen LogP contribution in [0.3, 0.4) is 0 Å². The summed E-state index contributed by atoms with van der Waals surface area (Å²) < 4.78 is 16.5. The molecule has 6 aliphatic rings. The number of hydrogen-bond donors (Lipinski definition) is 1. The van der Waals surface area contributed by atoms with Crippen LogP contribution in [0.2, 0.25) is 15.1 Å². The molecule has 6 aliphatic heterocycles. The summed E-state index contributed by atoms with van der Waals surface area (Å²) in [6.07, 6.45) is 41.4. The Morgan fingerprint density at radius 3 is 1.04 bits per heavy atom. The summed E-state index contributed by atoms with van der Waals surface area (Å²) >= 11 is 20.0. The lowest BCUT2D eigenvalue weighted by atomic mass is 9.94. The number of oxime groups is 3. The Kier molecular flexibility index (Phi) is 35.1. The molecule has 1 N–H and O–H groups in total. The first-order valence-corrected chi connectivity index (χ1v) is 37.4. The number of aliphatic hydroxyl groups is 1. The van der Waals surface area contributed by atoms with Crippen molar-refractivity contribution in [1.29, 1.82) is 0 Å². The lowest BCUT2D eigenvalue weighted by molar-refractivity contribution is -0.137. The van der Waals surface area contributed by atoms with Crippen LogP contribution in [0.1, 0.15) is 203 Å². The number of piperidine rings is 3. The summed E-state index contributed by atoms with van der Waals surface area (Å²) in [7, 11) is 0. The number of benzene rings is 3. The molecule has 9 rings (SSSR count). The van der Waals surface area contributed by atoms with E-state index < -0.39 is 12.1 Å². The van der Waals surface area contributed by atoms with Gasteiger partial charge in [-0.2, -0.15) is 0 Å². The Morgan fingerprint density at radius 2 is 0.706 bits per heavy atom. The Hall–Kier alpha value is -7.84. The van der Waals surface area contributed by atoms with E-state index in [0.29, 0.717) is 98.1 Å². The predicted molar refractivity (Wildman–Crippen MR) is 403 cm³/mol. The first-order chi connectivity index (χ1) is 49.3. The summed E-state index contributed by atoms with van der Waals surface area (Å²) in [5.74, 6) is -1.49. The number of rotatable bonds is 9. The molecule has 3 saturated heterocycles. The number of nitrogens with zero attached hydrogens (tertiary/aromatic N) is 6. The second-order valence-electron chi connectivity index (χ2n) is 26.5. The average molecular weight is 1460 g/mol. The zero-order chi connectivity index (χ0) is 73.2. The van der Waals surface area contributed by atoms with E-state index in [1.807, 2.05) is 117 Å². The van der Waals surface area contributed by atoms with E-state index in [9.17, 15) is 33.9 Å². The number of hydrogen-bond acceptors (Lipinski definition) is 16. The van der Waals surface area contributed by atoms with Crippen LogP contribution in [-0.4, -0.2) is 158 Å². The lowest BCUT2D eigenvalue weighted by Crippen LogP contribution is -2.37. The van der Waals surface area contributed by atoms with Gasteiger partial charge in [0, 0.05) is 73.6 Å². The zero-order valence-electron chi connectivity index (χ0n) is 60.4. The van der Waals surface area contributed by atoms with Crippen molar-refractivity contribution in [3.05, 3.63) is 173 Å². The van der Waals surface area contributed by atoms with Gasteiger partial charge in [-0.05, 0) is 232 Å². The van der Waals surface area contributed by atoms with E-state index in [-0.39, 0.29) is 62.5 Å². The molecule has 1 atom stereocenters. The van der Waals surface area contributed by atoms with Gasteiger partial charge in [-0.3, -0.25) is 14.4 Å². The number of aliphatic hydroxyl groups excluding tert-OH is 1. The minimum absolute atomic E-state index is 0.0518. The van der Waals surface area contributed by atoms with Crippen molar-refractivity contribution in [2.75, 3.05) is 78.9 Å². The first kappa shape index (κ1) is 81.5. The van der Waals surface area contributed by atoms with Crippen LogP contribution < -0.4 is 0 Å². The Bertz CT molecular complexity index is 3490. The van der Waals surface area contributed by atoms with Gasteiger partial charge >= 0.3 is 17.9 Å². The largest absolute Gasteiger partial charge is 0.462 e. The fraction of sp³-hybridized carbons (Fsp3) is 0.512. The quantitative estimate of drug-likeness (QED) is 0.0912. The maximum atomic E-state index is 13.0. The summed E-state index contributed by atoms with van der Waals surface area (Å²) in [4.78, 5) is 98.1. The number of allylic oxidation sites excluding steroid dienone is 11. The first-order valence-electron chi connectivity index (χ1n) is 36.2. The number of amides is 3. The van der Waals surface area contributed by atoms with Gasteiger partial charge in [0.1, 0.15) is 12.7 Å². The highest BCUT2D eigenvalue weighted by Crippen LogP contribution is 2.33. The minimum Gasteiger partial charge on any atom is -0.462 e. The molecule has 0 radical (unpaired) electrons. The topological polar surface area (TPSA) is 225 Å². The molecule has 0 bridgehead atoms. The molecule has 0 aliphatic carbocycles. The molecular weight excluding hydrogens is 1360 g/mol. The van der Waals surface area contributed by atoms with E-state index in [2.05, 4.69) is 39.8 Å². The molecule has 3 amide bonds. The molecular formula is C80H103Cl3N6O13. The van der Waals surface area contributed by atoms with E-state index in [1.165, 1.54) is 0 Å². The van der Waals surface area contributed by atoms with E-state index in [1.54, 1.807) is 6.08 Å². The molecule has 3 aromatic rings. The Morgan fingerprint density at radius 1 is 0.412 bits per heavy atom. The monoisotopic (exact) mass is 1460 g/mol. The van der Waals surface area contributed by atoms with Crippen LogP contribution in [0, 0.1) is 41.5 Å². The minimum atomic E-state index is -0.872. The Balaban J connectivity index is 0.000000214. The van der Waals surface area contributed by atoms with Crippen molar-refractivity contribution >= 4 is 87.6 Å². The number of halogens is 3. The number of esters is 3. The van der Waals surface area contributed by atoms with E-state index >= 15 is 0 Å². The van der Waals surface area contributed by atoms with Gasteiger partial charge in [0.05, 0.1) is 47.0 Å². The van der Waals surface area contributed by atoms with Crippen molar-refractivity contribution in [1.82, 2.24) is 14.7 Å². The number of ether oxygens (including phenoxy) is 3. The van der Waals surface area contributed by atoms with Crippen LogP contribution in [0.25, 0.3) is 0 Å². The van der Waals surface area contributed by atoms with Crippen LogP contribution in [-0.2, 0) is 62.4 Å². The van der Waals surface area contributed by atoms with Crippen molar-refractivity contribution in [3.63, 3.8) is 0 Å². The van der Waals surface area contributed by atoms with E-state index in [0.717, 1.165) is 188 Å². The van der Waals surface area contributed by atoms with Crippen LogP contribution >= 0.6 is 34.8 Å². The molecule has 1 unspecified atom stereocenters. The highest BCUT2D eigenvalue weighted by atomic mass is 35.5. The molecule has 0 saturated carbocycles. The van der Waals surface area contributed by atoms with Crippen molar-refractivity contribution in [2.45, 2.75) is 189 Å². The van der Waals surface area contributed by atoms with Crippen molar-refractivity contribution in [3.8, 4) is 0 Å². The fourth-order valence-corrected chi connectivity index (χ4v) is 13.4. The standard InChI is InChI=1S/2C27H35ClN2O4.C26H33ClN2O5/c2*1-20-17-21(2)26(28)23-18-22(29-34-19-24(31)30-14-10-8-11-15-30)13-9-6-4-3-5-7-12-16-33-27(32)25(20)23;1-18-14-19(2)25(27)22-15-20(28-34-17-23(31)29-12-8-5-9-13-29)10-6-3-4-7-11-21(30)16-33-26(32)24(18)22/h2*3,5,9,13,17H,4,6-8,10-12,14-16,18-19H2,1-2H3;6-7,10-11,14,21,30H,3-5,8-9,12-13,15-17H2,1-2H3/b5-3+,13-9+,29-22+;5-3+,13-9+,29-22-;10-6+,11-7+,28-20+. The number of cyclic esters (lactones) is 3. The molecule has 22 heteroatoms. The van der Waals surface area contributed by atoms with E-state index in [4.69, 9.17) is 63.5 Å². The van der Waals surface area contributed by atoms with Crippen molar-refractivity contribution in [2.24, 2.45) is 15.5 Å². The molecule has 102 heavy (non-hydrogen) atoms. The molecule has 3 fully saturated rings. The third-order valence-corrected chi connectivity index (χ3v) is 19.7. The molecule has 552 valence electrons. The maximum absolute atomic E-state index is 13.0. The maximum Gasteiger partial charge on any atom is 0.338 e. The summed E-state index contributed by atoms with van der Waals surface area (Å²) in [5.41, 5.74) is 9.96. The molecule has 19 nitrogen and oxygen atoms in total. The van der Waals surface area contributed by atoms with Crippen LogP contribution in [0.4, 0.5) is 0 Å². The molecule has 3 aromatic carbocycles. The number of aryl methyl sites for hydroxylation is 6. The zero-order valence-corrected chi connectivity index (χ0v) is 62.7. The summed E-state index contributed by atoms with van der Waals surface area (Å²) in [6.45, 7) is 16.2. The molecule has 6 heterocycles. The average Bonchev–Trinajstić information content (AvgIpc) is 0.825. The fourth-order valence-electron chi connectivity index (χ4n) is 12.7. The third kappa shape index (κ3) is 26.5. The summed E-state index contributed by atoms with van der Waals surface area (Å²) in [5, 5.41) is 24.4. The smallest absolute Gasteiger partial charge is 0.338 e. The number of carbonyl (C=O) groups is 6. The van der Waals surface area contributed by atoms with Crippen LogP contribution in [0.5, 0.6) is 0 Å². The van der Waals surface area contributed by atoms with Gasteiger partial charge in [-0.15, -0.1) is 0 Å². The number of carbonyl (C=O) groups excluding carboxylic acids is 6. The normalized spacial score (nSPS) is 21.7. The third-order valence-electron chi connectivity index (χ3n) is 18.1. The lowest BCUT2D eigenvalue weighted by Gasteiger charge is -2.26. The van der Waals surface area contributed by atoms with Gasteiger partial charge in [0.2, 0.25) is 0 Å². The molecule has 0 aromatic heterocycles. The van der Waals surface area contributed by atoms with Gasteiger partial charge in [0.25, 0.3) is 17.7 Å². The number of fused-ring (bicyclic) bond motifs is 3. The van der Waals surface area contributed by atoms with Crippen LogP contribution in [0.15, 0.2) is 107 Å². The SMILES string of the molecule is Cc1cc(C)c2c(c1Cl)CC(=N/OCC(=O)N1CCCCC1)/C=C/CC/C=C/C(O)COC2=O.Cc1cc(C)c2c(c1Cl)CC(=N/OCC(=O)N1CCCCC1)/C=C/CC/C=C/CCCOC2=O.Cc1cc(C)c2c(c1Cl)CC(=N\OCC(=O)N1CCCCC1)/C=C/CC/C=C/CCCOC2=O. The van der Waals surface area contributed by atoms with Gasteiger partial charge in [0.15, 0.2) is 19.8 Å². The van der Waals surface area contributed by atoms with Gasteiger partial charge in [-0.1, -0.05) is 123 Å². The second kappa shape index (κ2) is 44.0. The number of likely N-dealkylation sites (tertiary alicyclic amines) is 3.